The highest BCUT2D eigenvalue weighted by Gasteiger charge is 2.33. The summed E-state index contributed by atoms with van der Waals surface area (Å²) in [5, 5.41) is 10.9. The SMILES string of the molecule is CC[C@@H](C)C(=O)N1CCn2cccc2[C@@H]1c1ccc([N+](=O)[O-])cc1. The number of hydrogen-bond acceptors (Lipinski definition) is 3. The molecule has 0 unspecified atom stereocenters. The number of carbonyl (C=O) groups excluding carboxylic acids is 1. The molecule has 3 rings (SSSR count). The zero-order chi connectivity index (χ0) is 17.3. The quantitative estimate of drug-likeness (QED) is 0.638. The van der Waals surface area contributed by atoms with Crippen LogP contribution in [0.25, 0.3) is 0 Å². The molecule has 2 heterocycles. The summed E-state index contributed by atoms with van der Waals surface area (Å²) >= 11 is 0. The molecule has 0 radical (unpaired) electrons. The predicted molar refractivity (Wildman–Crippen MR) is 90.5 cm³/mol. The van der Waals surface area contributed by atoms with Crippen LogP contribution in [0.4, 0.5) is 5.69 Å². The second-order valence-electron chi connectivity index (χ2n) is 6.22. The van der Waals surface area contributed by atoms with Gasteiger partial charge in [-0.2, -0.15) is 0 Å². The van der Waals surface area contributed by atoms with Crippen LogP contribution in [0.3, 0.4) is 0 Å². The van der Waals surface area contributed by atoms with Gasteiger partial charge in [-0.15, -0.1) is 0 Å². The van der Waals surface area contributed by atoms with Crippen molar-refractivity contribution in [2.45, 2.75) is 32.9 Å². The maximum Gasteiger partial charge on any atom is 0.269 e. The van der Waals surface area contributed by atoms with E-state index >= 15 is 0 Å². The van der Waals surface area contributed by atoms with E-state index in [9.17, 15) is 14.9 Å². The van der Waals surface area contributed by atoms with Crippen molar-refractivity contribution in [1.82, 2.24) is 9.47 Å². The molecule has 0 bridgehead atoms. The van der Waals surface area contributed by atoms with E-state index in [0.717, 1.165) is 24.2 Å². The fourth-order valence-corrected chi connectivity index (χ4v) is 3.21. The molecule has 0 saturated heterocycles. The normalized spacial score (nSPS) is 18.1. The number of rotatable bonds is 4. The summed E-state index contributed by atoms with van der Waals surface area (Å²) in [6.45, 7) is 5.37. The molecule has 1 aromatic heterocycles. The molecular formula is C18H21N3O3. The minimum Gasteiger partial charge on any atom is -0.348 e. The Bertz CT molecular complexity index is 751. The van der Waals surface area contributed by atoms with E-state index in [1.807, 2.05) is 37.1 Å². The molecule has 2 aromatic rings. The minimum atomic E-state index is -0.407. The maximum atomic E-state index is 12.8. The van der Waals surface area contributed by atoms with Gasteiger partial charge < -0.3 is 9.47 Å². The van der Waals surface area contributed by atoms with Gasteiger partial charge in [-0.05, 0) is 36.2 Å². The summed E-state index contributed by atoms with van der Waals surface area (Å²) in [5.41, 5.74) is 2.01. The maximum absolute atomic E-state index is 12.8. The second-order valence-corrected chi connectivity index (χ2v) is 6.22. The first-order valence-corrected chi connectivity index (χ1v) is 8.22. The molecule has 0 saturated carbocycles. The average Bonchev–Trinajstić information content (AvgIpc) is 3.08. The second kappa shape index (κ2) is 6.47. The molecule has 0 N–H and O–H groups in total. The van der Waals surface area contributed by atoms with Gasteiger partial charge in [0.1, 0.15) is 0 Å². The topological polar surface area (TPSA) is 68.4 Å². The number of hydrogen-bond donors (Lipinski definition) is 0. The third-order valence-corrected chi connectivity index (χ3v) is 4.77. The van der Waals surface area contributed by atoms with Crippen molar-refractivity contribution in [3.8, 4) is 0 Å². The largest absolute Gasteiger partial charge is 0.348 e. The lowest BCUT2D eigenvalue weighted by molar-refractivity contribution is -0.384. The number of amides is 1. The van der Waals surface area contributed by atoms with Crippen molar-refractivity contribution in [1.29, 1.82) is 0 Å². The van der Waals surface area contributed by atoms with Gasteiger partial charge in [0.15, 0.2) is 0 Å². The van der Waals surface area contributed by atoms with Crippen molar-refractivity contribution < 1.29 is 9.72 Å². The van der Waals surface area contributed by atoms with E-state index in [2.05, 4.69) is 4.57 Å². The van der Waals surface area contributed by atoms with E-state index in [1.165, 1.54) is 12.1 Å². The van der Waals surface area contributed by atoms with Gasteiger partial charge in [0.25, 0.3) is 5.69 Å². The Hall–Kier alpha value is -2.63. The minimum absolute atomic E-state index is 0.0351. The number of non-ortho nitro benzene ring substituents is 1. The summed E-state index contributed by atoms with van der Waals surface area (Å²) in [6, 6.07) is 10.3. The van der Waals surface area contributed by atoms with Crippen LogP contribution in [0.15, 0.2) is 42.6 Å². The van der Waals surface area contributed by atoms with Gasteiger partial charge >= 0.3 is 0 Å². The lowest BCUT2D eigenvalue weighted by Crippen LogP contribution is -2.44. The summed E-state index contributed by atoms with van der Waals surface area (Å²) in [4.78, 5) is 25.2. The number of fused-ring (bicyclic) bond motifs is 1. The zero-order valence-corrected chi connectivity index (χ0v) is 13.9. The van der Waals surface area contributed by atoms with Crippen LogP contribution in [0.5, 0.6) is 0 Å². The Labute approximate surface area is 140 Å². The number of nitrogens with zero attached hydrogens (tertiary/aromatic N) is 3. The molecule has 1 amide bonds. The lowest BCUT2D eigenvalue weighted by Gasteiger charge is -2.38. The third-order valence-electron chi connectivity index (χ3n) is 4.77. The first kappa shape index (κ1) is 16.2. The van der Waals surface area contributed by atoms with Gasteiger partial charge in [-0.25, -0.2) is 0 Å². The van der Waals surface area contributed by atoms with Crippen LogP contribution >= 0.6 is 0 Å². The van der Waals surface area contributed by atoms with E-state index < -0.39 is 4.92 Å². The third kappa shape index (κ3) is 2.79. The number of nitro benzene ring substituents is 1. The van der Waals surface area contributed by atoms with Gasteiger partial charge in [0, 0.05) is 43.0 Å². The van der Waals surface area contributed by atoms with E-state index in [-0.39, 0.29) is 23.6 Å². The summed E-state index contributed by atoms with van der Waals surface area (Å²) in [6.07, 6.45) is 2.81. The highest BCUT2D eigenvalue weighted by Crippen LogP contribution is 2.34. The Morgan fingerprint density at radius 2 is 2.00 bits per heavy atom. The smallest absolute Gasteiger partial charge is 0.269 e. The molecule has 0 fully saturated rings. The predicted octanol–water partition coefficient (Wildman–Crippen LogP) is 3.37. The van der Waals surface area contributed by atoms with Crippen molar-refractivity contribution in [2.75, 3.05) is 6.54 Å². The lowest BCUT2D eigenvalue weighted by atomic mass is 9.97. The number of benzene rings is 1. The zero-order valence-electron chi connectivity index (χ0n) is 13.9. The van der Waals surface area contributed by atoms with Crippen LogP contribution in [0.2, 0.25) is 0 Å². The van der Waals surface area contributed by atoms with Crippen LogP contribution in [0, 0.1) is 16.0 Å². The van der Waals surface area contributed by atoms with Crippen LogP contribution in [0.1, 0.15) is 37.6 Å². The number of nitro groups is 1. The summed E-state index contributed by atoms with van der Waals surface area (Å²) < 4.78 is 2.15. The van der Waals surface area contributed by atoms with Crippen molar-refractivity contribution in [3.05, 3.63) is 64.0 Å². The van der Waals surface area contributed by atoms with Crippen LogP contribution < -0.4 is 0 Å². The Balaban J connectivity index is 2.01. The Morgan fingerprint density at radius 3 is 2.62 bits per heavy atom. The summed E-state index contributed by atoms with van der Waals surface area (Å²) in [7, 11) is 0. The van der Waals surface area contributed by atoms with Crippen molar-refractivity contribution in [2.24, 2.45) is 5.92 Å². The van der Waals surface area contributed by atoms with Gasteiger partial charge in [-0.3, -0.25) is 14.9 Å². The van der Waals surface area contributed by atoms with Gasteiger partial charge in [-0.1, -0.05) is 13.8 Å². The molecule has 1 aliphatic heterocycles. The number of aromatic nitrogens is 1. The Morgan fingerprint density at radius 1 is 1.29 bits per heavy atom. The molecule has 0 spiro atoms. The summed E-state index contributed by atoms with van der Waals surface area (Å²) in [5.74, 6) is 0.0976. The first-order valence-electron chi connectivity index (χ1n) is 8.22. The monoisotopic (exact) mass is 327 g/mol. The standard InChI is InChI=1S/C18H21N3O3/c1-3-13(2)18(22)20-12-11-19-10-4-5-16(19)17(20)14-6-8-15(9-7-14)21(23)24/h4-10,13,17H,3,11-12H2,1-2H3/t13-,17+/m1/s1. The van der Waals surface area contributed by atoms with Crippen molar-refractivity contribution >= 4 is 11.6 Å². The molecule has 6 heteroatoms. The molecule has 24 heavy (non-hydrogen) atoms. The number of carbonyl (C=O) groups is 1. The molecule has 2 atom stereocenters. The van der Waals surface area contributed by atoms with Crippen LogP contribution in [-0.2, 0) is 11.3 Å². The Kier molecular flexibility index (Phi) is 4.38. The van der Waals surface area contributed by atoms with Crippen molar-refractivity contribution in [3.63, 3.8) is 0 Å². The molecule has 126 valence electrons. The van der Waals surface area contributed by atoms with E-state index in [1.54, 1.807) is 12.1 Å². The van der Waals surface area contributed by atoms with E-state index in [0.29, 0.717) is 6.54 Å². The average molecular weight is 327 g/mol. The fourth-order valence-electron chi connectivity index (χ4n) is 3.21. The van der Waals surface area contributed by atoms with E-state index in [4.69, 9.17) is 0 Å². The molecule has 1 aromatic carbocycles. The van der Waals surface area contributed by atoms with Gasteiger partial charge in [0.05, 0.1) is 11.0 Å². The highest BCUT2D eigenvalue weighted by molar-refractivity contribution is 5.79. The first-order chi connectivity index (χ1) is 11.5. The molecular weight excluding hydrogens is 306 g/mol. The molecule has 0 aliphatic carbocycles. The van der Waals surface area contributed by atoms with Crippen LogP contribution in [-0.4, -0.2) is 26.8 Å². The molecule has 1 aliphatic rings. The highest BCUT2D eigenvalue weighted by atomic mass is 16.6. The fraction of sp³-hybridized carbons (Fsp3) is 0.389. The molecule has 6 nitrogen and oxygen atoms in total. The van der Waals surface area contributed by atoms with Gasteiger partial charge in [0.2, 0.25) is 5.91 Å².